The van der Waals surface area contributed by atoms with Crippen molar-refractivity contribution in [2.45, 2.75) is 40.2 Å². The summed E-state index contributed by atoms with van der Waals surface area (Å²) in [4.78, 5) is 19.1. The van der Waals surface area contributed by atoms with Crippen LogP contribution < -0.4 is 15.8 Å². The van der Waals surface area contributed by atoms with E-state index in [1.807, 2.05) is 0 Å². The molecule has 1 fully saturated rings. The first kappa shape index (κ1) is 16.0. The van der Waals surface area contributed by atoms with Crippen LogP contribution >= 0.6 is 0 Å². The summed E-state index contributed by atoms with van der Waals surface area (Å²) in [7, 11) is 0. The summed E-state index contributed by atoms with van der Waals surface area (Å²) in [6, 6.07) is 0. The maximum absolute atomic E-state index is 12.6. The normalized spacial score (nSPS) is 19.0. The van der Waals surface area contributed by atoms with Crippen molar-refractivity contribution in [1.29, 1.82) is 0 Å². The number of piperidine rings is 1. The SMILES string of the molecule is CCN(CC1CCCNC1)c1nccn(CC(C)C)c1=O. The zero-order chi connectivity index (χ0) is 15.2. The largest absolute Gasteiger partial charge is 0.352 e. The van der Waals surface area contributed by atoms with Crippen molar-refractivity contribution < 1.29 is 0 Å². The zero-order valence-corrected chi connectivity index (χ0v) is 13.5. The topological polar surface area (TPSA) is 50.2 Å². The third-order valence-electron chi connectivity index (χ3n) is 4.02. The van der Waals surface area contributed by atoms with Gasteiger partial charge in [0, 0.05) is 32.0 Å². The average Bonchev–Trinajstić information content (AvgIpc) is 2.48. The van der Waals surface area contributed by atoms with Crippen LogP contribution in [0.5, 0.6) is 0 Å². The lowest BCUT2D eigenvalue weighted by Crippen LogP contribution is -2.41. The Morgan fingerprint density at radius 1 is 1.52 bits per heavy atom. The van der Waals surface area contributed by atoms with Crippen LogP contribution in [0.15, 0.2) is 17.2 Å². The van der Waals surface area contributed by atoms with Gasteiger partial charge in [0.2, 0.25) is 0 Å². The molecule has 0 saturated carbocycles. The smallest absolute Gasteiger partial charge is 0.293 e. The van der Waals surface area contributed by atoms with Gasteiger partial charge in [-0.15, -0.1) is 0 Å². The first-order valence-corrected chi connectivity index (χ1v) is 8.13. The summed E-state index contributed by atoms with van der Waals surface area (Å²) in [5, 5.41) is 3.44. The third-order valence-corrected chi connectivity index (χ3v) is 4.02. The quantitative estimate of drug-likeness (QED) is 0.867. The maximum atomic E-state index is 12.6. The summed E-state index contributed by atoms with van der Waals surface area (Å²) in [6.45, 7) is 11.0. The van der Waals surface area contributed by atoms with Gasteiger partial charge in [0.15, 0.2) is 5.82 Å². The lowest BCUT2D eigenvalue weighted by Gasteiger charge is -2.30. The molecular formula is C16H28N4O. The van der Waals surface area contributed by atoms with E-state index in [4.69, 9.17) is 0 Å². The Labute approximate surface area is 127 Å². The second kappa shape index (κ2) is 7.59. The molecule has 1 aromatic heterocycles. The Bertz CT molecular complexity index is 491. The second-order valence-corrected chi connectivity index (χ2v) is 6.35. The molecule has 0 aliphatic carbocycles. The number of aromatic nitrogens is 2. The van der Waals surface area contributed by atoms with Gasteiger partial charge in [0.05, 0.1) is 0 Å². The van der Waals surface area contributed by atoms with Crippen molar-refractivity contribution in [2.24, 2.45) is 11.8 Å². The molecule has 1 unspecified atom stereocenters. The minimum Gasteiger partial charge on any atom is -0.352 e. The molecule has 5 heteroatoms. The number of rotatable bonds is 6. The molecular weight excluding hydrogens is 264 g/mol. The molecule has 0 bridgehead atoms. The van der Waals surface area contributed by atoms with E-state index in [1.165, 1.54) is 12.8 Å². The predicted molar refractivity (Wildman–Crippen MR) is 86.8 cm³/mol. The highest BCUT2D eigenvalue weighted by Crippen LogP contribution is 2.14. The minimum atomic E-state index is 0.0387. The van der Waals surface area contributed by atoms with E-state index in [1.54, 1.807) is 17.0 Å². The summed E-state index contributed by atoms with van der Waals surface area (Å²) < 4.78 is 1.79. The second-order valence-electron chi connectivity index (χ2n) is 6.35. The van der Waals surface area contributed by atoms with Gasteiger partial charge in [-0.1, -0.05) is 13.8 Å². The van der Waals surface area contributed by atoms with Crippen molar-refractivity contribution >= 4 is 5.82 Å². The summed E-state index contributed by atoms with van der Waals surface area (Å²) >= 11 is 0. The highest BCUT2D eigenvalue weighted by Gasteiger charge is 2.19. The summed E-state index contributed by atoms with van der Waals surface area (Å²) in [5.74, 6) is 1.67. The Kier molecular flexibility index (Phi) is 5.79. The van der Waals surface area contributed by atoms with Crippen LogP contribution in [-0.4, -0.2) is 35.7 Å². The average molecular weight is 292 g/mol. The highest BCUT2D eigenvalue weighted by atomic mass is 16.1. The Hall–Kier alpha value is -1.36. The minimum absolute atomic E-state index is 0.0387. The van der Waals surface area contributed by atoms with E-state index in [-0.39, 0.29) is 5.56 Å². The fraction of sp³-hybridized carbons (Fsp3) is 0.750. The van der Waals surface area contributed by atoms with Crippen molar-refractivity contribution in [3.05, 3.63) is 22.7 Å². The maximum Gasteiger partial charge on any atom is 0.293 e. The van der Waals surface area contributed by atoms with E-state index in [2.05, 4.69) is 36.0 Å². The molecule has 5 nitrogen and oxygen atoms in total. The van der Waals surface area contributed by atoms with E-state index in [0.717, 1.165) is 32.7 Å². The van der Waals surface area contributed by atoms with E-state index >= 15 is 0 Å². The number of nitrogens with one attached hydrogen (secondary N) is 1. The predicted octanol–water partition coefficient (Wildman–Crippen LogP) is 1.73. The van der Waals surface area contributed by atoms with Crippen LogP contribution in [0.25, 0.3) is 0 Å². The summed E-state index contributed by atoms with van der Waals surface area (Å²) in [5.41, 5.74) is 0.0387. The standard InChI is InChI=1S/C16H28N4O/c1-4-19(12-14-6-5-7-17-10-14)15-16(21)20(9-8-18-15)11-13(2)3/h8-9,13-14,17H,4-7,10-12H2,1-3H3. The molecule has 1 atom stereocenters. The first-order valence-electron chi connectivity index (χ1n) is 8.13. The number of anilines is 1. The van der Waals surface area contributed by atoms with E-state index < -0.39 is 0 Å². The van der Waals surface area contributed by atoms with Gasteiger partial charge in [0.1, 0.15) is 0 Å². The fourth-order valence-electron chi connectivity index (χ4n) is 2.95. The van der Waals surface area contributed by atoms with Crippen LogP contribution in [0.2, 0.25) is 0 Å². The van der Waals surface area contributed by atoms with Crippen LogP contribution in [0.3, 0.4) is 0 Å². The Balaban J connectivity index is 2.15. The Morgan fingerprint density at radius 2 is 2.33 bits per heavy atom. The molecule has 0 radical (unpaired) electrons. The fourth-order valence-corrected chi connectivity index (χ4v) is 2.95. The van der Waals surface area contributed by atoms with Crippen LogP contribution in [0.4, 0.5) is 5.82 Å². The van der Waals surface area contributed by atoms with Gasteiger partial charge in [-0.05, 0) is 44.7 Å². The van der Waals surface area contributed by atoms with Gasteiger partial charge in [-0.3, -0.25) is 4.79 Å². The van der Waals surface area contributed by atoms with Gasteiger partial charge in [-0.2, -0.15) is 0 Å². The molecule has 2 rings (SSSR count). The molecule has 1 aromatic rings. The monoisotopic (exact) mass is 292 g/mol. The van der Waals surface area contributed by atoms with Crippen molar-refractivity contribution in [3.8, 4) is 0 Å². The van der Waals surface area contributed by atoms with Gasteiger partial charge in [0.25, 0.3) is 5.56 Å². The van der Waals surface area contributed by atoms with Crippen LogP contribution in [-0.2, 0) is 6.54 Å². The number of hydrogen-bond donors (Lipinski definition) is 1. The van der Waals surface area contributed by atoms with Gasteiger partial charge < -0.3 is 14.8 Å². The first-order chi connectivity index (χ1) is 10.1. The van der Waals surface area contributed by atoms with Crippen LogP contribution in [0, 0.1) is 11.8 Å². The third kappa shape index (κ3) is 4.30. The molecule has 21 heavy (non-hydrogen) atoms. The van der Waals surface area contributed by atoms with Gasteiger partial charge >= 0.3 is 0 Å². The molecule has 1 aliphatic rings. The van der Waals surface area contributed by atoms with Crippen molar-refractivity contribution in [1.82, 2.24) is 14.9 Å². The van der Waals surface area contributed by atoms with Crippen molar-refractivity contribution in [2.75, 3.05) is 31.1 Å². The van der Waals surface area contributed by atoms with Crippen LogP contribution in [0.1, 0.15) is 33.6 Å². The Morgan fingerprint density at radius 3 is 2.95 bits per heavy atom. The highest BCUT2D eigenvalue weighted by molar-refractivity contribution is 5.35. The lowest BCUT2D eigenvalue weighted by molar-refractivity contribution is 0.376. The van der Waals surface area contributed by atoms with Crippen molar-refractivity contribution in [3.63, 3.8) is 0 Å². The zero-order valence-electron chi connectivity index (χ0n) is 13.5. The molecule has 0 aromatic carbocycles. The molecule has 1 saturated heterocycles. The molecule has 1 aliphatic heterocycles. The number of nitrogens with zero attached hydrogens (tertiary/aromatic N) is 3. The van der Waals surface area contributed by atoms with Gasteiger partial charge in [-0.25, -0.2) is 4.98 Å². The van der Waals surface area contributed by atoms with E-state index in [9.17, 15) is 4.79 Å². The summed E-state index contributed by atoms with van der Waals surface area (Å²) in [6.07, 6.45) is 6.00. The lowest BCUT2D eigenvalue weighted by atomic mass is 9.99. The molecule has 118 valence electrons. The molecule has 2 heterocycles. The van der Waals surface area contributed by atoms with E-state index in [0.29, 0.717) is 17.7 Å². The molecule has 1 N–H and O–H groups in total. The molecule has 0 amide bonds. The molecule has 0 spiro atoms. The number of hydrogen-bond acceptors (Lipinski definition) is 4.